The summed E-state index contributed by atoms with van der Waals surface area (Å²) in [4.78, 5) is 12.3. The maximum absolute atomic E-state index is 12.3. The van der Waals surface area contributed by atoms with E-state index in [0.29, 0.717) is 19.1 Å². The monoisotopic (exact) mass is 261 g/mol. The number of ether oxygens (including phenoxy) is 1. The van der Waals surface area contributed by atoms with E-state index in [9.17, 15) is 4.79 Å². The summed E-state index contributed by atoms with van der Waals surface area (Å²) in [6, 6.07) is 7.50. The van der Waals surface area contributed by atoms with Crippen LogP contribution in [0.15, 0.2) is 24.3 Å². The topological polar surface area (TPSA) is 38.3 Å². The molecule has 0 aliphatic carbocycles. The first-order valence-corrected chi connectivity index (χ1v) is 7.23. The second kappa shape index (κ2) is 6.71. The van der Waals surface area contributed by atoms with Gasteiger partial charge in [-0.1, -0.05) is 38.8 Å². The predicted molar refractivity (Wildman–Crippen MR) is 76.7 cm³/mol. The molecule has 1 aliphatic heterocycles. The quantitative estimate of drug-likeness (QED) is 0.855. The Hall–Kier alpha value is -1.35. The summed E-state index contributed by atoms with van der Waals surface area (Å²) >= 11 is 0. The predicted octanol–water partition coefficient (Wildman–Crippen LogP) is 2.90. The van der Waals surface area contributed by atoms with Gasteiger partial charge in [-0.05, 0) is 24.6 Å². The van der Waals surface area contributed by atoms with Crippen molar-refractivity contribution < 1.29 is 9.53 Å². The molecule has 0 amide bonds. The van der Waals surface area contributed by atoms with Gasteiger partial charge in [-0.2, -0.15) is 0 Å². The fraction of sp³-hybridized carbons (Fsp3) is 0.562. The van der Waals surface area contributed by atoms with E-state index in [4.69, 9.17) is 4.74 Å². The number of ketones is 1. The lowest BCUT2D eigenvalue weighted by atomic mass is 9.94. The van der Waals surface area contributed by atoms with Crippen LogP contribution in [0.3, 0.4) is 0 Å². The highest BCUT2D eigenvalue weighted by Crippen LogP contribution is 2.26. The van der Waals surface area contributed by atoms with Crippen LogP contribution in [0, 0.1) is 11.8 Å². The van der Waals surface area contributed by atoms with Gasteiger partial charge in [0, 0.05) is 6.54 Å². The van der Waals surface area contributed by atoms with Crippen molar-refractivity contribution in [3.8, 4) is 5.75 Å². The lowest BCUT2D eigenvalue weighted by Gasteiger charge is -2.25. The molecule has 0 spiro atoms. The van der Waals surface area contributed by atoms with Gasteiger partial charge in [0.05, 0.1) is 18.1 Å². The average molecular weight is 261 g/mol. The third kappa shape index (κ3) is 3.35. The molecule has 104 valence electrons. The number of carbonyl (C=O) groups is 1. The van der Waals surface area contributed by atoms with Crippen molar-refractivity contribution in [1.29, 1.82) is 0 Å². The highest BCUT2D eigenvalue weighted by Gasteiger charge is 2.28. The maximum Gasteiger partial charge on any atom is 0.174 e. The van der Waals surface area contributed by atoms with Gasteiger partial charge in [-0.25, -0.2) is 0 Å². The van der Waals surface area contributed by atoms with E-state index in [0.717, 1.165) is 17.9 Å². The van der Waals surface area contributed by atoms with E-state index in [-0.39, 0.29) is 11.7 Å². The molecular formula is C16H23NO2. The average Bonchev–Trinajstić information content (AvgIpc) is 2.46. The highest BCUT2D eigenvalue weighted by molar-refractivity contribution is 6.01. The largest absolute Gasteiger partial charge is 0.492 e. The lowest BCUT2D eigenvalue weighted by Crippen LogP contribution is -2.37. The van der Waals surface area contributed by atoms with Crippen molar-refractivity contribution in [1.82, 2.24) is 5.32 Å². The van der Waals surface area contributed by atoms with E-state index in [1.165, 1.54) is 12.8 Å². The SMILES string of the molecule is CCC(CC)CNC[C@@H]1COc2ccccc2C1=O. The van der Waals surface area contributed by atoms with E-state index in [2.05, 4.69) is 19.2 Å². The summed E-state index contributed by atoms with van der Waals surface area (Å²) in [5.41, 5.74) is 0.725. The van der Waals surface area contributed by atoms with Crippen molar-refractivity contribution >= 4 is 5.78 Å². The van der Waals surface area contributed by atoms with Crippen molar-refractivity contribution in [3.63, 3.8) is 0 Å². The van der Waals surface area contributed by atoms with Gasteiger partial charge in [0.1, 0.15) is 5.75 Å². The summed E-state index contributed by atoms with van der Waals surface area (Å²) in [5.74, 6) is 1.58. The molecule has 0 fully saturated rings. The molecule has 3 heteroatoms. The third-order valence-corrected chi connectivity index (χ3v) is 3.94. The van der Waals surface area contributed by atoms with Crippen LogP contribution in [0.5, 0.6) is 5.75 Å². The molecule has 2 rings (SSSR count). The first kappa shape index (κ1) is 14.1. The Bertz CT molecular complexity index is 427. The molecule has 0 radical (unpaired) electrons. The minimum atomic E-state index is -0.0516. The van der Waals surface area contributed by atoms with Crippen molar-refractivity contribution in [2.45, 2.75) is 26.7 Å². The molecule has 1 atom stereocenters. The number of carbonyl (C=O) groups excluding carboxylic acids is 1. The summed E-state index contributed by atoms with van der Waals surface area (Å²) in [6.45, 7) is 6.61. The van der Waals surface area contributed by atoms with Crippen LogP contribution in [-0.4, -0.2) is 25.5 Å². The summed E-state index contributed by atoms with van der Waals surface area (Å²) in [6.07, 6.45) is 2.36. The van der Waals surface area contributed by atoms with Gasteiger partial charge >= 0.3 is 0 Å². The number of fused-ring (bicyclic) bond motifs is 1. The van der Waals surface area contributed by atoms with E-state index in [1.807, 2.05) is 24.3 Å². The van der Waals surface area contributed by atoms with Crippen LogP contribution in [0.25, 0.3) is 0 Å². The van der Waals surface area contributed by atoms with E-state index in [1.54, 1.807) is 0 Å². The summed E-state index contributed by atoms with van der Waals surface area (Å²) in [7, 11) is 0. The number of para-hydroxylation sites is 1. The molecule has 0 saturated heterocycles. The minimum Gasteiger partial charge on any atom is -0.492 e. The van der Waals surface area contributed by atoms with Gasteiger partial charge in [0.25, 0.3) is 0 Å². The second-order valence-electron chi connectivity index (χ2n) is 5.21. The Morgan fingerprint density at radius 3 is 2.79 bits per heavy atom. The molecule has 3 nitrogen and oxygen atoms in total. The zero-order valence-electron chi connectivity index (χ0n) is 11.8. The van der Waals surface area contributed by atoms with Gasteiger partial charge in [0.2, 0.25) is 0 Å². The van der Waals surface area contributed by atoms with Crippen LogP contribution in [-0.2, 0) is 0 Å². The molecule has 1 heterocycles. The number of nitrogens with one attached hydrogen (secondary N) is 1. The Morgan fingerprint density at radius 1 is 1.32 bits per heavy atom. The third-order valence-electron chi connectivity index (χ3n) is 3.94. The smallest absolute Gasteiger partial charge is 0.174 e. The Labute approximate surface area is 115 Å². The Morgan fingerprint density at radius 2 is 2.05 bits per heavy atom. The molecule has 19 heavy (non-hydrogen) atoms. The molecule has 1 aromatic rings. The van der Waals surface area contributed by atoms with Crippen molar-refractivity contribution in [2.24, 2.45) is 11.8 Å². The Balaban J connectivity index is 1.88. The first-order valence-electron chi connectivity index (χ1n) is 7.23. The van der Waals surface area contributed by atoms with Crippen molar-refractivity contribution in [3.05, 3.63) is 29.8 Å². The number of hydrogen-bond acceptors (Lipinski definition) is 3. The fourth-order valence-electron chi connectivity index (χ4n) is 2.47. The van der Waals surface area contributed by atoms with Crippen LogP contribution >= 0.6 is 0 Å². The standard InChI is InChI=1S/C16H23NO2/c1-3-12(4-2)9-17-10-13-11-19-15-8-6-5-7-14(15)16(13)18/h5-8,12-13,17H,3-4,9-11H2,1-2H3/t13-/m1/s1. The molecule has 0 unspecified atom stereocenters. The number of hydrogen-bond donors (Lipinski definition) is 1. The van der Waals surface area contributed by atoms with Gasteiger partial charge < -0.3 is 10.1 Å². The number of benzene rings is 1. The summed E-state index contributed by atoms with van der Waals surface area (Å²) in [5, 5.41) is 3.42. The van der Waals surface area contributed by atoms with Gasteiger partial charge in [-0.3, -0.25) is 4.79 Å². The normalized spacial score (nSPS) is 18.3. The van der Waals surface area contributed by atoms with Crippen molar-refractivity contribution in [2.75, 3.05) is 19.7 Å². The van der Waals surface area contributed by atoms with E-state index < -0.39 is 0 Å². The summed E-state index contributed by atoms with van der Waals surface area (Å²) < 4.78 is 5.66. The lowest BCUT2D eigenvalue weighted by molar-refractivity contribution is 0.0828. The molecule has 0 saturated carbocycles. The fourth-order valence-corrected chi connectivity index (χ4v) is 2.47. The molecule has 0 bridgehead atoms. The number of rotatable bonds is 6. The molecular weight excluding hydrogens is 238 g/mol. The maximum atomic E-state index is 12.3. The zero-order chi connectivity index (χ0) is 13.7. The zero-order valence-corrected chi connectivity index (χ0v) is 11.8. The molecule has 1 N–H and O–H groups in total. The Kier molecular flexibility index (Phi) is 4.97. The van der Waals surface area contributed by atoms with Gasteiger partial charge in [-0.15, -0.1) is 0 Å². The molecule has 0 aromatic heterocycles. The van der Waals surface area contributed by atoms with Crippen LogP contribution in [0.4, 0.5) is 0 Å². The van der Waals surface area contributed by atoms with Crippen LogP contribution < -0.4 is 10.1 Å². The van der Waals surface area contributed by atoms with Crippen LogP contribution in [0.1, 0.15) is 37.0 Å². The van der Waals surface area contributed by atoms with Gasteiger partial charge in [0.15, 0.2) is 5.78 Å². The molecule has 1 aromatic carbocycles. The number of Topliss-reactive ketones (excluding diaryl/α,β-unsaturated/α-hetero) is 1. The van der Waals surface area contributed by atoms with E-state index >= 15 is 0 Å². The van der Waals surface area contributed by atoms with Crippen LogP contribution in [0.2, 0.25) is 0 Å². The molecule has 1 aliphatic rings. The minimum absolute atomic E-state index is 0.0516. The highest BCUT2D eigenvalue weighted by atomic mass is 16.5. The second-order valence-corrected chi connectivity index (χ2v) is 5.21. The first-order chi connectivity index (χ1) is 9.26.